The molecule has 1 unspecified atom stereocenters. The molecule has 0 aliphatic heterocycles. The van der Waals surface area contributed by atoms with E-state index in [-0.39, 0.29) is 17.5 Å². The number of aliphatic hydroxyl groups is 1. The van der Waals surface area contributed by atoms with Crippen LogP contribution in [0.3, 0.4) is 0 Å². The first-order chi connectivity index (χ1) is 12.0. The van der Waals surface area contributed by atoms with Gasteiger partial charge in [0.25, 0.3) is 0 Å². The van der Waals surface area contributed by atoms with Crippen molar-refractivity contribution in [2.45, 2.75) is 44.4 Å². The molecular formula is C19H24ClNO3S. The first-order valence-corrected chi connectivity index (χ1v) is 9.94. The molecule has 6 heteroatoms. The third-order valence-electron chi connectivity index (χ3n) is 4.06. The van der Waals surface area contributed by atoms with Crippen LogP contribution >= 0.6 is 23.4 Å². The number of allylic oxidation sites excluding steroid dienone is 2. The van der Waals surface area contributed by atoms with Crippen LogP contribution in [0.5, 0.6) is 0 Å². The third-order valence-corrected chi connectivity index (χ3v) is 5.36. The van der Waals surface area contributed by atoms with Gasteiger partial charge < -0.3 is 9.94 Å². The Kier molecular flexibility index (Phi) is 7.85. The molecule has 25 heavy (non-hydrogen) atoms. The number of Topliss-reactive ketones (excluding diaryl/α,β-unsaturated/α-hetero) is 1. The normalized spacial score (nSPS) is 18.6. The zero-order chi connectivity index (χ0) is 18.2. The molecule has 0 spiro atoms. The number of halogens is 1. The summed E-state index contributed by atoms with van der Waals surface area (Å²) in [5.41, 5.74) is 0.899. The summed E-state index contributed by atoms with van der Waals surface area (Å²) in [4.78, 5) is 18.7. The van der Waals surface area contributed by atoms with E-state index in [1.807, 2.05) is 38.1 Å². The van der Waals surface area contributed by atoms with Crippen LogP contribution < -0.4 is 0 Å². The molecule has 2 rings (SSSR count). The van der Waals surface area contributed by atoms with Gasteiger partial charge in [-0.1, -0.05) is 23.7 Å². The number of benzene rings is 1. The molecule has 0 amide bonds. The topological polar surface area (TPSA) is 58.9 Å². The SMILES string of the molecule is CCO/N=C(/CC)C1=C(O)CC(CCSc2ccc(Cl)cc2)CC1=O. The zero-order valence-electron chi connectivity index (χ0n) is 14.6. The van der Waals surface area contributed by atoms with Gasteiger partial charge in [0.1, 0.15) is 12.4 Å². The molecule has 1 atom stereocenters. The molecule has 1 aliphatic rings. The van der Waals surface area contributed by atoms with E-state index in [0.717, 1.165) is 22.1 Å². The molecule has 0 fully saturated rings. The van der Waals surface area contributed by atoms with Crippen LogP contribution in [0.1, 0.15) is 39.5 Å². The first kappa shape index (κ1) is 19.9. The molecule has 1 aromatic rings. The molecular weight excluding hydrogens is 358 g/mol. The fourth-order valence-electron chi connectivity index (χ4n) is 2.81. The van der Waals surface area contributed by atoms with Crippen molar-refractivity contribution in [2.24, 2.45) is 11.1 Å². The second-order valence-corrected chi connectivity index (χ2v) is 7.52. The summed E-state index contributed by atoms with van der Waals surface area (Å²) < 4.78 is 0. The second kappa shape index (κ2) is 9.88. The fourth-order valence-corrected chi connectivity index (χ4v) is 3.95. The predicted molar refractivity (Wildman–Crippen MR) is 104 cm³/mol. The van der Waals surface area contributed by atoms with Crippen LogP contribution in [0.4, 0.5) is 0 Å². The van der Waals surface area contributed by atoms with E-state index >= 15 is 0 Å². The molecule has 1 aromatic carbocycles. The van der Waals surface area contributed by atoms with Crippen LogP contribution in [0, 0.1) is 5.92 Å². The number of carbonyl (C=O) groups excluding carboxylic acids is 1. The average Bonchev–Trinajstić information content (AvgIpc) is 2.59. The highest BCUT2D eigenvalue weighted by Gasteiger charge is 2.30. The minimum Gasteiger partial charge on any atom is -0.511 e. The maximum absolute atomic E-state index is 12.5. The summed E-state index contributed by atoms with van der Waals surface area (Å²) in [7, 11) is 0. The first-order valence-electron chi connectivity index (χ1n) is 8.58. The Morgan fingerprint density at radius 3 is 2.64 bits per heavy atom. The van der Waals surface area contributed by atoms with Gasteiger partial charge in [0, 0.05) is 22.8 Å². The minimum absolute atomic E-state index is 0.0365. The van der Waals surface area contributed by atoms with Crippen molar-refractivity contribution in [2.75, 3.05) is 12.4 Å². The van der Waals surface area contributed by atoms with E-state index in [4.69, 9.17) is 16.4 Å². The molecule has 0 heterocycles. The molecule has 136 valence electrons. The van der Waals surface area contributed by atoms with Crippen molar-refractivity contribution in [1.29, 1.82) is 0 Å². The van der Waals surface area contributed by atoms with Crippen LogP contribution in [-0.2, 0) is 9.63 Å². The number of oxime groups is 1. The molecule has 1 aliphatic carbocycles. The Morgan fingerprint density at radius 1 is 1.32 bits per heavy atom. The quantitative estimate of drug-likeness (QED) is 0.371. The van der Waals surface area contributed by atoms with Crippen molar-refractivity contribution in [3.8, 4) is 0 Å². The highest BCUT2D eigenvalue weighted by Crippen LogP contribution is 2.31. The fraction of sp³-hybridized carbons (Fsp3) is 0.474. The van der Waals surface area contributed by atoms with Crippen LogP contribution in [0.2, 0.25) is 5.02 Å². The average molecular weight is 382 g/mol. The Labute approximate surface area is 158 Å². The monoisotopic (exact) mass is 381 g/mol. The summed E-state index contributed by atoms with van der Waals surface area (Å²) in [5.74, 6) is 1.18. The Balaban J connectivity index is 1.94. The lowest BCUT2D eigenvalue weighted by atomic mass is 9.83. The van der Waals surface area contributed by atoms with Crippen molar-refractivity contribution in [1.82, 2.24) is 0 Å². The van der Waals surface area contributed by atoms with E-state index < -0.39 is 0 Å². The lowest BCUT2D eigenvalue weighted by molar-refractivity contribution is -0.116. The smallest absolute Gasteiger partial charge is 0.168 e. The lowest BCUT2D eigenvalue weighted by Crippen LogP contribution is -2.25. The number of nitrogens with zero attached hydrogens (tertiary/aromatic N) is 1. The van der Waals surface area contributed by atoms with Gasteiger partial charge in [0.2, 0.25) is 0 Å². The maximum atomic E-state index is 12.5. The van der Waals surface area contributed by atoms with E-state index in [1.165, 1.54) is 0 Å². The van der Waals surface area contributed by atoms with E-state index in [1.54, 1.807) is 11.8 Å². The molecule has 1 N–H and O–H groups in total. The number of ketones is 1. The molecule has 0 radical (unpaired) electrons. The van der Waals surface area contributed by atoms with Gasteiger partial charge in [-0.25, -0.2) is 0 Å². The number of rotatable bonds is 8. The van der Waals surface area contributed by atoms with Crippen molar-refractivity contribution in [3.05, 3.63) is 40.6 Å². The Morgan fingerprint density at radius 2 is 2.04 bits per heavy atom. The minimum atomic E-state index is -0.0365. The summed E-state index contributed by atoms with van der Waals surface area (Å²) >= 11 is 7.62. The molecule has 4 nitrogen and oxygen atoms in total. The van der Waals surface area contributed by atoms with Gasteiger partial charge >= 0.3 is 0 Å². The van der Waals surface area contributed by atoms with Crippen molar-refractivity contribution in [3.63, 3.8) is 0 Å². The summed E-state index contributed by atoms with van der Waals surface area (Å²) in [6, 6.07) is 7.73. The number of aliphatic hydroxyl groups excluding tert-OH is 1. The number of hydrogen-bond donors (Lipinski definition) is 1. The van der Waals surface area contributed by atoms with Crippen LogP contribution in [-0.4, -0.2) is 29.0 Å². The number of hydrogen-bond acceptors (Lipinski definition) is 5. The summed E-state index contributed by atoms with van der Waals surface area (Å²) in [5, 5.41) is 15.1. The Hall–Kier alpha value is -1.46. The third kappa shape index (κ3) is 5.79. The van der Waals surface area contributed by atoms with Crippen molar-refractivity contribution >= 4 is 34.9 Å². The van der Waals surface area contributed by atoms with Gasteiger partial charge in [-0.3, -0.25) is 4.79 Å². The maximum Gasteiger partial charge on any atom is 0.168 e. The summed E-state index contributed by atoms with van der Waals surface area (Å²) in [6.45, 7) is 4.18. The van der Waals surface area contributed by atoms with Gasteiger partial charge in [-0.15, -0.1) is 11.8 Å². The van der Waals surface area contributed by atoms with Crippen LogP contribution in [0.15, 0.2) is 45.6 Å². The second-order valence-electron chi connectivity index (χ2n) is 5.92. The largest absolute Gasteiger partial charge is 0.511 e. The standard InChI is InChI=1S/C19H24ClNO3S/c1-3-16(21-24-4-2)19-17(22)11-13(12-18(19)23)9-10-25-15-7-5-14(20)6-8-15/h5-8,13,22H,3-4,9-12H2,1-2H3/b21-16-. The van der Waals surface area contributed by atoms with Gasteiger partial charge in [-0.2, -0.15) is 0 Å². The van der Waals surface area contributed by atoms with Gasteiger partial charge in [-0.05, 0) is 55.7 Å². The van der Waals surface area contributed by atoms with E-state index in [0.29, 0.717) is 37.2 Å². The number of thioether (sulfide) groups is 1. The predicted octanol–water partition coefficient (Wildman–Crippen LogP) is 5.42. The molecule has 0 bridgehead atoms. The lowest BCUT2D eigenvalue weighted by Gasteiger charge is -2.23. The van der Waals surface area contributed by atoms with E-state index in [9.17, 15) is 9.90 Å². The highest BCUT2D eigenvalue weighted by molar-refractivity contribution is 7.99. The van der Waals surface area contributed by atoms with E-state index in [2.05, 4.69) is 5.16 Å². The van der Waals surface area contributed by atoms with Crippen molar-refractivity contribution < 1.29 is 14.7 Å². The van der Waals surface area contributed by atoms with Crippen LogP contribution in [0.25, 0.3) is 0 Å². The zero-order valence-corrected chi connectivity index (χ0v) is 16.2. The summed E-state index contributed by atoms with van der Waals surface area (Å²) in [6.07, 6.45) is 2.40. The highest BCUT2D eigenvalue weighted by atomic mass is 35.5. The molecule has 0 saturated heterocycles. The molecule has 0 saturated carbocycles. The Bertz CT molecular complexity index is 655. The van der Waals surface area contributed by atoms with Gasteiger partial charge in [0.05, 0.1) is 11.3 Å². The molecule has 0 aromatic heterocycles. The van der Waals surface area contributed by atoms with Gasteiger partial charge in [0.15, 0.2) is 5.78 Å². The number of carbonyl (C=O) groups is 1.